The standard InChI is InChI=1S/C23H32F2N4O2S/c1-14-8-15-9-16(12-23(2,11-15)22(26)31)21(14)27-20(30)13-28-6-3-7-29(32-28)19-10-17(24)4-5-18(19)25/h4-5,10,14-16,21H,3,6-9,11-13H2,1-2H3,(H2,26,31)(H,27,30). The van der Waals surface area contributed by atoms with Gasteiger partial charge in [0.1, 0.15) is 11.6 Å². The monoisotopic (exact) mass is 466 g/mol. The van der Waals surface area contributed by atoms with E-state index in [1.807, 2.05) is 11.2 Å². The van der Waals surface area contributed by atoms with E-state index in [0.29, 0.717) is 31.3 Å². The minimum absolute atomic E-state index is 0.0179. The summed E-state index contributed by atoms with van der Waals surface area (Å²) in [6, 6.07) is 3.43. The molecule has 0 aromatic heterocycles. The van der Waals surface area contributed by atoms with E-state index >= 15 is 0 Å². The van der Waals surface area contributed by atoms with Gasteiger partial charge in [-0.05, 0) is 62.0 Å². The van der Waals surface area contributed by atoms with Gasteiger partial charge in [0.15, 0.2) is 0 Å². The van der Waals surface area contributed by atoms with Crippen LogP contribution in [0.25, 0.3) is 0 Å². The summed E-state index contributed by atoms with van der Waals surface area (Å²) >= 11 is 1.26. The van der Waals surface area contributed by atoms with Crippen LogP contribution in [0.15, 0.2) is 18.2 Å². The molecule has 1 aliphatic heterocycles. The number of hydrogen-bond acceptors (Lipinski definition) is 5. The number of carbonyl (C=O) groups excluding carboxylic acids is 2. The van der Waals surface area contributed by atoms with Gasteiger partial charge < -0.3 is 15.4 Å². The van der Waals surface area contributed by atoms with Crippen LogP contribution in [0.1, 0.15) is 46.0 Å². The largest absolute Gasteiger partial charge is 0.369 e. The molecule has 1 aromatic rings. The minimum Gasteiger partial charge on any atom is -0.369 e. The van der Waals surface area contributed by atoms with E-state index in [-0.39, 0.29) is 36.0 Å². The van der Waals surface area contributed by atoms with Crippen LogP contribution < -0.4 is 15.4 Å². The summed E-state index contributed by atoms with van der Waals surface area (Å²) < 4.78 is 31.4. The molecule has 2 amide bonds. The molecule has 2 bridgehead atoms. The Morgan fingerprint density at radius 3 is 2.78 bits per heavy atom. The highest BCUT2D eigenvalue weighted by Gasteiger charge is 2.48. The molecule has 3 fully saturated rings. The second-order valence-electron chi connectivity index (χ2n) is 10.00. The number of halogens is 2. The third kappa shape index (κ3) is 4.88. The predicted octanol–water partition coefficient (Wildman–Crippen LogP) is 3.47. The first-order valence-corrected chi connectivity index (χ1v) is 12.1. The molecule has 3 N–H and O–H groups in total. The maximum absolute atomic E-state index is 14.2. The zero-order valence-electron chi connectivity index (χ0n) is 18.7. The van der Waals surface area contributed by atoms with E-state index in [2.05, 4.69) is 12.2 Å². The van der Waals surface area contributed by atoms with Gasteiger partial charge in [-0.3, -0.25) is 9.59 Å². The number of fused-ring (bicyclic) bond motifs is 2. The lowest BCUT2D eigenvalue weighted by molar-refractivity contribution is -0.133. The molecule has 0 spiro atoms. The number of nitrogens with one attached hydrogen (secondary N) is 1. The predicted molar refractivity (Wildman–Crippen MR) is 121 cm³/mol. The highest BCUT2D eigenvalue weighted by atomic mass is 32.2. The lowest BCUT2D eigenvalue weighted by atomic mass is 9.57. The molecule has 1 aromatic carbocycles. The van der Waals surface area contributed by atoms with Crippen molar-refractivity contribution in [3.63, 3.8) is 0 Å². The zero-order chi connectivity index (χ0) is 23.0. The van der Waals surface area contributed by atoms with Crippen molar-refractivity contribution < 1.29 is 18.4 Å². The molecule has 6 nitrogen and oxygen atoms in total. The lowest BCUT2D eigenvalue weighted by Crippen LogP contribution is -2.55. The van der Waals surface area contributed by atoms with Crippen molar-refractivity contribution in [2.45, 2.75) is 52.0 Å². The van der Waals surface area contributed by atoms with Crippen molar-refractivity contribution in [1.82, 2.24) is 9.62 Å². The Balaban J connectivity index is 1.37. The second kappa shape index (κ2) is 9.17. The molecular weight excluding hydrogens is 434 g/mol. The number of primary amides is 1. The summed E-state index contributed by atoms with van der Waals surface area (Å²) in [5, 5.41) is 3.22. The molecule has 5 atom stereocenters. The van der Waals surface area contributed by atoms with Crippen LogP contribution in [0.4, 0.5) is 14.5 Å². The third-order valence-corrected chi connectivity index (χ3v) is 8.44. The van der Waals surface area contributed by atoms with Gasteiger partial charge >= 0.3 is 0 Å². The van der Waals surface area contributed by atoms with Gasteiger partial charge in [-0.15, -0.1) is 0 Å². The van der Waals surface area contributed by atoms with E-state index in [4.69, 9.17) is 5.73 Å². The van der Waals surface area contributed by atoms with Crippen molar-refractivity contribution in [1.29, 1.82) is 0 Å². The number of benzene rings is 1. The molecule has 32 heavy (non-hydrogen) atoms. The summed E-state index contributed by atoms with van der Waals surface area (Å²) in [5.41, 5.74) is 5.39. The maximum Gasteiger partial charge on any atom is 0.235 e. The summed E-state index contributed by atoms with van der Waals surface area (Å²) in [7, 11) is 0. The quantitative estimate of drug-likeness (QED) is 0.650. The summed E-state index contributed by atoms with van der Waals surface area (Å²) in [6.07, 6.45) is 4.29. The Bertz CT molecular complexity index is 886. The molecule has 4 rings (SSSR count). The zero-order valence-corrected chi connectivity index (χ0v) is 19.5. The Hall–Kier alpha value is -1.87. The van der Waals surface area contributed by atoms with Crippen LogP contribution in [-0.4, -0.2) is 41.8 Å². The number of nitrogens with two attached hydrogens (primary N) is 1. The van der Waals surface area contributed by atoms with Gasteiger partial charge in [0.05, 0.1) is 12.2 Å². The first kappa shape index (κ1) is 23.3. The fourth-order valence-electron chi connectivity index (χ4n) is 5.90. The van der Waals surface area contributed by atoms with Crippen molar-refractivity contribution in [2.24, 2.45) is 28.9 Å². The number of hydrogen-bond donors (Lipinski definition) is 2. The fourth-order valence-corrected chi connectivity index (χ4v) is 7.00. The fraction of sp³-hybridized carbons (Fsp3) is 0.652. The molecule has 2 aliphatic carbocycles. The first-order valence-electron chi connectivity index (χ1n) is 11.4. The van der Waals surface area contributed by atoms with Crippen LogP contribution in [0.3, 0.4) is 0 Å². The smallest absolute Gasteiger partial charge is 0.235 e. The molecule has 9 heteroatoms. The van der Waals surface area contributed by atoms with Crippen molar-refractivity contribution in [3.05, 3.63) is 29.8 Å². The van der Waals surface area contributed by atoms with Gasteiger partial charge in [0.2, 0.25) is 11.8 Å². The Labute approximate surface area is 192 Å². The van der Waals surface area contributed by atoms with Gasteiger partial charge in [0, 0.05) is 42.7 Å². The van der Waals surface area contributed by atoms with Crippen LogP contribution in [0.2, 0.25) is 0 Å². The second-order valence-corrected chi connectivity index (χ2v) is 11.1. The Kier molecular flexibility index (Phi) is 6.68. The number of rotatable bonds is 5. The maximum atomic E-state index is 14.2. The molecule has 0 radical (unpaired) electrons. The van der Waals surface area contributed by atoms with E-state index in [1.54, 1.807) is 4.31 Å². The van der Waals surface area contributed by atoms with Crippen LogP contribution in [0, 0.1) is 34.8 Å². The molecule has 3 aliphatic rings. The van der Waals surface area contributed by atoms with Crippen molar-refractivity contribution in [3.8, 4) is 0 Å². The molecular formula is C23H32F2N4O2S. The topological polar surface area (TPSA) is 78.7 Å². The molecule has 1 saturated heterocycles. The van der Waals surface area contributed by atoms with E-state index in [1.165, 1.54) is 18.2 Å². The number of carbonyl (C=O) groups is 2. The average molecular weight is 467 g/mol. The third-order valence-electron chi connectivity index (χ3n) is 7.32. The first-order chi connectivity index (χ1) is 15.1. The summed E-state index contributed by atoms with van der Waals surface area (Å²) in [6.45, 7) is 5.56. The van der Waals surface area contributed by atoms with Gasteiger partial charge in [-0.25, -0.2) is 13.1 Å². The van der Waals surface area contributed by atoms with E-state index in [0.717, 1.165) is 37.8 Å². The molecule has 2 saturated carbocycles. The lowest BCUT2D eigenvalue weighted by Gasteiger charge is -2.50. The molecule has 5 unspecified atom stereocenters. The molecule has 1 heterocycles. The van der Waals surface area contributed by atoms with Crippen LogP contribution >= 0.6 is 12.1 Å². The Morgan fingerprint density at radius 2 is 2.03 bits per heavy atom. The van der Waals surface area contributed by atoms with Crippen molar-refractivity contribution >= 4 is 29.6 Å². The van der Waals surface area contributed by atoms with E-state index in [9.17, 15) is 18.4 Å². The SMILES string of the molecule is CC1CC2CC(CC(C)(C(N)=O)C2)C1NC(=O)CN1CCCN(c2cc(F)ccc2F)S1. The highest BCUT2D eigenvalue weighted by molar-refractivity contribution is 7.98. The number of anilines is 1. The van der Waals surface area contributed by atoms with Gasteiger partial charge in [-0.2, -0.15) is 0 Å². The van der Waals surface area contributed by atoms with Gasteiger partial charge in [-0.1, -0.05) is 13.8 Å². The van der Waals surface area contributed by atoms with Crippen molar-refractivity contribution in [2.75, 3.05) is 23.9 Å². The summed E-state index contributed by atoms with van der Waals surface area (Å²) in [5.74, 6) is -0.246. The molecule has 176 valence electrons. The van der Waals surface area contributed by atoms with Crippen LogP contribution in [-0.2, 0) is 9.59 Å². The van der Waals surface area contributed by atoms with Gasteiger partial charge in [0.25, 0.3) is 0 Å². The average Bonchev–Trinajstić information content (AvgIpc) is 2.72. The summed E-state index contributed by atoms with van der Waals surface area (Å²) in [4.78, 5) is 25.0. The number of amides is 2. The van der Waals surface area contributed by atoms with Crippen LogP contribution in [0.5, 0.6) is 0 Å². The highest BCUT2D eigenvalue weighted by Crippen LogP contribution is 2.50. The Morgan fingerprint density at radius 1 is 1.25 bits per heavy atom. The normalized spacial score (nSPS) is 33.1. The number of nitrogens with zero attached hydrogens (tertiary/aromatic N) is 2. The minimum atomic E-state index is -0.505. The van der Waals surface area contributed by atoms with E-state index < -0.39 is 17.0 Å².